The summed E-state index contributed by atoms with van der Waals surface area (Å²) in [4.78, 5) is 13.0. The van der Waals surface area contributed by atoms with Crippen LogP contribution in [-0.4, -0.2) is 41.5 Å². The van der Waals surface area contributed by atoms with Gasteiger partial charge in [-0.05, 0) is 6.92 Å². The van der Waals surface area contributed by atoms with E-state index in [0.29, 0.717) is 25.3 Å². The maximum Gasteiger partial charge on any atom is 0.249 e. The first-order valence-corrected chi connectivity index (χ1v) is 4.69. The van der Waals surface area contributed by atoms with Crippen LogP contribution in [0.2, 0.25) is 0 Å². The number of nitrogens with zero attached hydrogens (tertiary/aromatic N) is 1. The van der Waals surface area contributed by atoms with Crippen LogP contribution in [-0.2, 0) is 9.53 Å². The molecule has 0 spiro atoms. The van der Waals surface area contributed by atoms with Crippen LogP contribution in [0.1, 0.15) is 13.3 Å². The van der Waals surface area contributed by atoms with E-state index in [0.717, 1.165) is 0 Å². The molecule has 2 aliphatic heterocycles. The fourth-order valence-electron chi connectivity index (χ4n) is 1.66. The molecule has 0 aromatic heterocycles. The molecule has 2 N–H and O–H groups in total. The number of amides is 1. The Morgan fingerprint density at radius 2 is 2.50 bits per heavy atom. The molecule has 2 rings (SSSR count). The Bertz CT molecular complexity index is 277. The number of rotatable bonds is 1. The molecular formula is C9H14N2O3. The molecule has 14 heavy (non-hydrogen) atoms. The number of nitrogens with one attached hydrogen (secondary N) is 1. The lowest BCUT2D eigenvalue weighted by Gasteiger charge is -2.30. The zero-order valence-corrected chi connectivity index (χ0v) is 8.06. The minimum Gasteiger partial charge on any atom is -0.391 e. The zero-order chi connectivity index (χ0) is 10.1. The second-order valence-corrected chi connectivity index (χ2v) is 3.67. The van der Waals surface area contributed by atoms with Crippen molar-refractivity contribution < 1.29 is 14.6 Å². The van der Waals surface area contributed by atoms with E-state index in [-0.39, 0.29) is 18.2 Å². The molecule has 0 aromatic rings. The van der Waals surface area contributed by atoms with Crippen molar-refractivity contribution in [1.82, 2.24) is 10.2 Å². The van der Waals surface area contributed by atoms with E-state index in [1.54, 1.807) is 13.1 Å². The number of carbonyl (C=O) groups is 1. The highest BCUT2D eigenvalue weighted by atomic mass is 16.5. The van der Waals surface area contributed by atoms with Crippen LogP contribution in [0.3, 0.4) is 0 Å². The first-order valence-electron chi connectivity index (χ1n) is 4.69. The lowest BCUT2D eigenvalue weighted by molar-refractivity contribution is -0.120. The van der Waals surface area contributed by atoms with Crippen LogP contribution < -0.4 is 5.32 Å². The van der Waals surface area contributed by atoms with Gasteiger partial charge in [0.05, 0.1) is 19.4 Å². The van der Waals surface area contributed by atoms with Crippen LogP contribution in [0, 0.1) is 0 Å². The number of ether oxygens (including phenoxy) is 1. The van der Waals surface area contributed by atoms with Gasteiger partial charge in [0.15, 0.2) is 0 Å². The highest BCUT2D eigenvalue weighted by Crippen LogP contribution is 2.19. The van der Waals surface area contributed by atoms with E-state index in [2.05, 4.69) is 5.32 Å². The van der Waals surface area contributed by atoms with Gasteiger partial charge in [-0.1, -0.05) is 0 Å². The van der Waals surface area contributed by atoms with Gasteiger partial charge in [-0.15, -0.1) is 0 Å². The summed E-state index contributed by atoms with van der Waals surface area (Å²) in [5.74, 6) is -0.0419. The Kier molecular flexibility index (Phi) is 2.43. The predicted octanol–water partition coefficient (Wildman–Crippen LogP) is -0.613. The highest BCUT2D eigenvalue weighted by Gasteiger charge is 2.29. The summed E-state index contributed by atoms with van der Waals surface area (Å²) in [6.07, 6.45) is 1.88. The van der Waals surface area contributed by atoms with Crippen molar-refractivity contribution in [3.8, 4) is 0 Å². The summed E-state index contributed by atoms with van der Waals surface area (Å²) in [6.45, 7) is 2.59. The van der Waals surface area contributed by atoms with Crippen molar-refractivity contribution >= 4 is 5.91 Å². The molecule has 2 heterocycles. The average Bonchev–Trinajstić information content (AvgIpc) is 2.57. The largest absolute Gasteiger partial charge is 0.391 e. The third-order valence-electron chi connectivity index (χ3n) is 2.46. The minimum atomic E-state index is -0.383. The van der Waals surface area contributed by atoms with E-state index < -0.39 is 0 Å². The molecule has 0 aliphatic carbocycles. The summed E-state index contributed by atoms with van der Waals surface area (Å²) in [6, 6.07) is 0. The van der Waals surface area contributed by atoms with Crippen LogP contribution in [0.5, 0.6) is 0 Å². The highest BCUT2D eigenvalue weighted by molar-refractivity contribution is 5.93. The van der Waals surface area contributed by atoms with Crippen LogP contribution in [0.25, 0.3) is 0 Å². The number of carbonyl (C=O) groups excluding carboxylic acids is 1. The molecule has 1 fully saturated rings. The number of aliphatic hydroxyl groups is 1. The van der Waals surface area contributed by atoms with Gasteiger partial charge in [-0.25, -0.2) is 0 Å². The molecule has 0 unspecified atom stereocenters. The summed E-state index contributed by atoms with van der Waals surface area (Å²) >= 11 is 0. The summed E-state index contributed by atoms with van der Waals surface area (Å²) in [5, 5.41) is 12.0. The SMILES string of the molecule is CC1=CN([C@H]2C[C@H](O)CO2)CNC1=O. The molecule has 78 valence electrons. The first-order chi connectivity index (χ1) is 6.66. The molecule has 2 aliphatic rings. The lowest BCUT2D eigenvalue weighted by atomic mass is 10.2. The molecule has 0 aromatic carbocycles. The molecule has 1 saturated heterocycles. The number of hydrogen-bond acceptors (Lipinski definition) is 4. The van der Waals surface area contributed by atoms with Gasteiger partial charge in [-0.3, -0.25) is 4.79 Å². The molecule has 5 nitrogen and oxygen atoms in total. The Labute approximate surface area is 82.3 Å². The normalized spacial score (nSPS) is 32.9. The third kappa shape index (κ3) is 1.73. The van der Waals surface area contributed by atoms with E-state index >= 15 is 0 Å². The molecule has 5 heteroatoms. The van der Waals surface area contributed by atoms with Gasteiger partial charge in [0.2, 0.25) is 5.91 Å². The number of aliphatic hydroxyl groups excluding tert-OH is 1. The van der Waals surface area contributed by atoms with Crippen molar-refractivity contribution in [2.24, 2.45) is 0 Å². The number of hydrogen-bond donors (Lipinski definition) is 2. The van der Waals surface area contributed by atoms with E-state index in [1.807, 2.05) is 4.90 Å². The molecule has 2 atom stereocenters. The standard InChI is InChI=1S/C9H14N2O3/c1-6-3-11(5-10-9(6)13)8-2-7(12)4-14-8/h3,7-8,12H,2,4-5H2,1H3,(H,10,13)/t7-,8+/m0/s1. The summed E-state index contributed by atoms with van der Waals surface area (Å²) < 4.78 is 5.37. The predicted molar refractivity (Wildman–Crippen MR) is 49.0 cm³/mol. The van der Waals surface area contributed by atoms with Gasteiger partial charge in [0, 0.05) is 18.2 Å². The Balaban J connectivity index is 2.02. The Morgan fingerprint density at radius 3 is 3.07 bits per heavy atom. The second-order valence-electron chi connectivity index (χ2n) is 3.67. The smallest absolute Gasteiger partial charge is 0.249 e. The quantitative estimate of drug-likeness (QED) is 0.590. The van der Waals surface area contributed by atoms with Crippen LogP contribution >= 0.6 is 0 Å². The maximum atomic E-state index is 11.1. The molecule has 0 radical (unpaired) electrons. The van der Waals surface area contributed by atoms with E-state index in [4.69, 9.17) is 4.74 Å². The fraction of sp³-hybridized carbons (Fsp3) is 0.667. The monoisotopic (exact) mass is 198 g/mol. The Morgan fingerprint density at radius 1 is 1.71 bits per heavy atom. The van der Waals surface area contributed by atoms with Crippen molar-refractivity contribution in [3.05, 3.63) is 11.8 Å². The van der Waals surface area contributed by atoms with Gasteiger partial charge in [0.25, 0.3) is 0 Å². The van der Waals surface area contributed by atoms with Crippen molar-refractivity contribution in [2.45, 2.75) is 25.7 Å². The maximum absolute atomic E-state index is 11.1. The fourth-order valence-corrected chi connectivity index (χ4v) is 1.66. The first kappa shape index (κ1) is 9.48. The Hall–Kier alpha value is -1.07. The van der Waals surface area contributed by atoms with E-state index in [1.165, 1.54) is 0 Å². The van der Waals surface area contributed by atoms with Crippen molar-refractivity contribution in [2.75, 3.05) is 13.3 Å². The van der Waals surface area contributed by atoms with Gasteiger partial charge >= 0.3 is 0 Å². The molecular weight excluding hydrogens is 184 g/mol. The van der Waals surface area contributed by atoms with Gasteiger partial charge in [-0.2, -0.15) is 0 Å². The second kappa shape index (κ2) is 3.59. The third-order valence-corrected chi connectivity index (χ3v) is 2.46. The van der Waals surface area contributed by atoms with E-state index in [9.17, 15) is 9.90 Å². The van der Waals surface area contributed by atoms with Crippen LogP contribution in [0.4, 0.5) is 0 Å². The van der Waals surface area contributed by atoms with Crippen molar-refractivity contribution in [1.29, 1.82) is 0 Å². The molecule has 0 bridgehead atoms. The molecule has 1 amide bonds. The van der Waals surface area contributed by atoms with Crippen LogP contribution in [0.15, 0.2) is 11.8 Å². The average molecular weight is 198 g/mol. The topological polar surface area (TPSA) is 61.8 Å². The van der Waals surface area contributed by atoms with Gasteiger partial charge < -0.3 is 20.1 Å². The molecule has 0 saturated carbocycles. The zero-order valence-electron chi connectivity index (χ0n) is 8.06. The minimum absolute atomic E-state index is 0.0419. The van der Waals surface area contributed by atoms with Crippen molar-refractivity contribution in [3.63, 3.8) is 0 Å². The summed E-state index contributed by atoms with van der Waals surface area (Å²) in [7, 11) is 0. The van der Waals surface area contributed by atoms with Gasteiger partial charge in [0.1, 0.15) is 6.23 Å². The summed E-state index contributed by atoms with van der Waals surface area (Å²) in [5.41, 5.74) is 0.668. The lowest BCUT2D eigenvalue weighted by Crippen LogP contribution is -2.44.